The number of amides is 2. The van der Waals surface area contributed by atoms with Crippen molar-refractivity contribution in [3.63, 3.8) is 0 Å². The molecule has 0 rings (SSSR count). The van der Waals surface area contributed by atoms with E-state index in [9.17, 15) is 9.59 Å². The van der Waals surface area contributed by atoms with Gasteiger partial charge in [-0.3, -0.25) is 9.59 Å². The van der Waals surface area contributed by atoms with Crippen LogP contribution in [0.25, 0.3) is 0 Å². The van der Waals surface area contributed by atoms with Crippen LogP contribution in [0.5, 0.6) is 0 Å². The molecule has 0 aromatic rings. The van der Waals surface area contributed by atoms with E-state index < -0.39 is 0 Å². The highest BCUT2D eigenvalue weighted by Crippen LogP contribution is 1.94. The second kappa shape index (κ2) is 8.87. The van der Waals surface area contributed by atoms with E-state index >= 15 is 0 Å². The molecule has 0 bridgehead atoms. The number of rotatable bonds is 7. The second-order valence-electron chi connectivity index (χ2n) is 2.88. The van der Waals surface area contributed by atoms with Crippen molar-refractivity contribution in [1.29, 1.82) is 0 Å². The van der Waals surface area contributed by atoms with Crippen LogP contribution in [0, 0.1) is 0 Å². The highest BCUT2D eigenvalue weighted by Gasteiger charge is 2.03. The molecule has 4 nitrogen and oxygen atoms in total. The molecule has 0 fully saturated rings. The Morgan fingerprint density at radius 3 is 2.21 bits per heavy atom. The van der Waals surface area contributed by atoms with Crippen LogP contribution >= 0.6 is 12.6 Å². The van der Waals surface area contributed by atoms with Gasteiger partial charge in [-0.15, -0.1) is 0 Å². The van der Waals surface area contributed by atoms with Crippen LogP contribution < -0.4 is 10.6 Å². The summed E-state index contributed by atoms with van der Waals surface area (Å²) in [6, 6.07) is 0. The number of carbonyl (C=O) groups is 2. The van der Waals surface area contributed by atoms with Crippen molar-refractivity contribution < 1.29 is 9.59 Å². The van der Waals surface area contributed by atoms with E-state index in [1.165, 1.54) is 0 Å². The molecule has 0 aliphatic rings. The van der Waals surface area contributed by atoms with Crippen molar-refractivity contribution in [1.82, 2.24) is 10.6 Å². The Labute approximate surface area is 90.2 Å². The molecule has 14 heavy (non-hydrogen) atoms. The Kier molecular flexibility index (Phi) is 8.42. The lowest BCUT2D eigenvalue weighted by Gasteiger charge is -2.03. The van der Waals surface area contributed by atoms with Crippen molar-refractivity contribution in [3.05, 3.63) is 0 Å². The van der Waals surface area contributed by atoms with E-state index in [0.29, 0.717) is 38.1 Å². The molecule has 2 N–H and O–H groups in total. The molecule has 0 aliphatic carbocycles. The van der Waals surface area contributed by atoms with Gasteiger partial charge < -0.3 is 10.6 Å². The summed E-state index contributed by atoms with van der Waals surface area (Å²) >= 11 is 3.97. The van der Waals surface area contributed by atoms with Gasteiger partial charge in [0.1, 0.15) is 0 Å². The average molecular weight is 218 g/mol. The fraction of sp³-hybridized carbons (Fsp3) is 0.778. The molecule has 5 heteroatoms. The fourth-order valence-corrected chi connectivity index (χ4v) is 1.09. The van der Waals surface area contributed by atoms with Gasteiger partial charge in [-0.1, -0.05) is 0 Å². The first-order valence-corrected chi connectivity index (χ1v) is 5.48. The lowest BCUT2D eigenvalue weighted by atomic mass is 10.2. The number of thiol groups is 1. The maximum absolute atomic E-state index is 11.1. The second-order valence-corrected chi connectivity index (χ2v) is 3.33. The number of hydrogen-bond acceptors (Lipinski definition) is 3. The maximum Gasteiger partial charge on any atom is 0.220 e. The van der Waals surface area contributed by atoms with Gasteiger partial charge in [0.05, 0.1) is 0 Å². The molecule has 0 saturated heterocycles. The Morgan fingerprint density at radius 2 is 1.71 bits per heavy atom. The molecule has 0 aromatic heterocycles. The van der Waals surface area contributed by atoms with E-state index in [0.717, 1.165) is 0 Å². The first-order valence-electron chi connectivity index (χ1n) is 4.85. The van der Waals surface area contributed by atoms with Gasteiger partial charge in [0.15, 0.2) is 0 Å². The lowest BCUT2D eigenvalue weighted by molar-refractivity contribution is -0.122. The predicted octanol–water partition coefficient (Wildman–Crippen LogP) is 0.339. The molecule has 0 aliphatic heterocycles. The van der Waals surface area contributed by atoms with Crippen LogP contribution in [0.4, 0.5) is 0 Å². The van der Waals surface area contributed by atoms with E-state index in [2.05, 4.69) is 23.3 Å². The molecule has 0 spiro atoms. The van der Waals surface area contributed by atoms with Crippen LogP contribution in [0.1, 0.15) is 26.2 Å². The third kappa shape index (κ3) is 7.91. The minimum atomic E-state index is -0.0108. The molecule has 2 amide bonds. The van der Waals surface area contributed by atoms with Crippen LogP contribution in [0.3, 0.4) is 0 Å². The molecule has 0 unspecified atom stereocenters. The summed E-state index contributed by atoms with van der Waals surface area (Å²) in [5, 5.41) is 5.37. The fourth-order valence-electron chi connectivity index (χ4n) is 0.979. The summed E-state index contributed by atoms with van der Waals surface area (Å²) < 4.78 is 0. The van der Waals surface area contributed by atoms with E-state index in [-0.39, 0.29) is 11.8 Å². The van der Waals surface area contributed by atoms with Crippen molar-refractivity contribution in [2.75, 3.05) is 18.8 Å². The molecule has 0 atom stereocenters. The minimum absolute atomic E-state index is 0.00879. The number of hydrogen-bond donors (Lipinski definition) is 3. The minimum Gasteiger partial charge on any atom is -0.356 e. The Bertz CT molecular complexity index is 186. The lowest BCUT2D eigenvalue weighted by Crippen LogP contribution is -2.26. The Balaban J connectivity index is 3.34. The van der Waals surface area contributed by atoms with Gasteiger partial charge in [0.25, 0.3) is 0 Å². The Morgan fingerprint density at radius 1 is 1.14 bits per heavy atom. The van der Waals surface area contributed by atoms with Crippen LogP contribution in [-0.4, -0.2) is 30.7 Å². The molecule has 0 aromatic carbocycles. The van der Waals surface area contributed by atoms with E-state index in [1.54, 1.807) is 0 Å². The zero-order chi connectivity index (χ0) is 10.8. The summed E-state index contributed by atoms with van der Waals surface area (Å²) in [4.78, 5) is 22.0. The van der Waals surface area contributed by atoms with Gasteiger partial charge in [-0.2, -0.15) is 12.6 Å². The summed E-state index contributed by atoms with van der Waals surface area (Å²) in [7, 11) is 0. The van der Waals surface area contributed by atoms with Gasteiger partial charge in [-0.25, -0.2) is 0 Å². The summed E-state index contributed by atoms with van der Waals surface area (Å²) in [6.07, 6.45) is 1.43. The normalized spacial score (nSPS) is 9.57. The van der Waals surface area contributed by atoms with Crippen molar-refractivity contribution in [2.45, 2.75) is 26.2 Å². The molecular formula is C9H18N2O2S. The van der Waals surface area contributed by atoms with Gasteiger partial charge >= 0.3 is 0 Å². The Hall–Kier alpha value is -0.710. The van der Waals surface area contributed by atoms with Crippen LogP contribution in [0.15, 0.2) is 0 Å². The van der Waals surface area contributed by atoms with Crippen molar-refractivity contribution in [2.24, 2.45) is 0 Å². The summed E-state index contributed by atoms with van der Waals surface area (Å²) in [5.74, 6) is 0.639. The molecule has 0 radical (unpaired) electrons. The average Bonchev–Trinajstić information content (AvgIpc) is 2.15. The maximum atomic E-state index is 11.1. The van der Waals surface area contributed by atoms with Gasteiger partial charge in [0.2, 0.25) is 11.8 Å². The quantitative estimate of drug-likeness (QED) is 0.540. The molecule has 82 valence electrons. The topological polar surface area (TPSA) is 58.2 Å². The first kappa shape index (κ1) is 13.3. The van der Waals surface area contributed by atoms with Crippen molar-refractivity contribution >= 4 is 24.4 Å². The zero-order valence-corrected chi connectivity index (χ0v) is 9.40. The predicted molar refractivity (Wildman–Crippen MR) is 59.4 cm³/mol. The molecule has 0 heterocycles. The summed E-state index contributed by atoms with van der Waals surface area (Å²) in [6.45, 7) is 3.10. The summed E-state index contributed by atoms with van der Waals surface area (Å²) in [5.41, 5.74) is 0. The molecule has 0 saturated carbocycles. The number of carbonyl (C=O) groups excluding carboxylic acids is 2. The largest absolute Gasteiger partial charge is 0.356 e. The zero-order valence-electron chi connectivity index (χ0n) is 8.51. The van der Waals surface area contributed by atoms with E-state index in [1.807, 2.05) is 6.92 Å². The third-order valence-corrected chi connectivity index (χ3v) is 1.84. The number of nitrogens with one attached hydrogen (secondary N) is 2. The van der Waals surface area contributed by atoms with Crippen LogP contribution in [0.2, 0.25) is 0 Å². The van der Waals surface area contributed by atoms with E-state index in [4.69, 9.17) is 0 Å². The first-order chi connectivity index (χ1) is 6.70. The third-order valence-electron chi connectivity index (χ3n) is 1.62. The monoisotopic (exact) mass is 218 g/mol. The standard InChI is InChI=1S/C9H18N2O2S/c1-2-10-8(12)4-3-5-9(13)11-6-7-14/h14H,2-7H2,1H3,(H,10,12)(H,11,13). The van der Waals surface area contributed by atoms with Gasteiger partial charge in [-0.05, 0) is 13.3 Å². The highest BCUT2D eigenvalue weighted by molar-refractivity contribution is 7.80. The molecular weight excluding hydrogens is 200 g/mol. The van der Waals surface area contributed by atoms with Crippen LogP contribution in [-0.2, 0) is 9.59 Å². The highest BCUT2D eigenvalue weighted by atomic mass is 32.1. The van der Waals surface area contributed by atoms with Gasteiger partial charge in [0, 0.05) is 31.7 Å². The van der Waals surface area contributed by atoms with Crippen molar-refractivity contribution in [3.8, 4) is 0 Å². The SMILES string of the molecule is CCNC(=O)CCCC(=O)NCCS. The smallest absolute Gasteiger partial charge is 0.220 e.